The largest absolute Gasteiger partial charge is 0.381 e. The Morgan fingerprint density at radius 3 is 2.72 bits per heavy atom. The van der Waals surface area contributed by atoms with Gasteiger partial charge in [0.2, 0.25) is 0 Å². The summed E-state index contributed by atoms with van der Waals surface area (Å²) in [6.45, 7) is 3.98. The van der Waals surface area contributed by atoms with Crippen LogP contribution in [0.3, 0.4) is 0 Å². The first kappa shape index (κ1) is 15.0. The van der Waals surface area contributed by atoms with Crippen molar-refractivity contribution in [1.82, 2.24) is 4.90 Å². The number of hydrogen-bond donors (Lipinski definition) is 0. The lowest BCUT2D eigenvalue weighted by Crippen LogP contribution is -2.41. The Morgan fingerprint density at radius 2 is 2.17 bits per heavy atom. The molecule has 0 aliphatic carbocycles. The number of thiophene rings is 1. The van der Waals surface area contributed by atoms with E-state index in [1.54, 1.807) is 0 Å². The summed E-state index contributed by atoms with van der Waals surface area (Å²) in [7, 11) is 2.22. The van der Waals surface area contributed by atoms with Crippen LogP contribution in [-0.4, -0.2) is 37.0 Å². The minimum atomic E-state index is 0.390. The minimum Gasteiger partial charge on any atom is -0.381 e. The highest BCUT2D eigenvalue weighted by Gasteiger charge is 2.32. The van der Waals surface area contributed by atoms with Crippen molar-refractivity contribution in [2.45, 2.75) is 19.4 Å². The summed E-state index contributed by atoms with van der Waals surface area (Å²) in [6.07, 6.45) is 2.33. The molecular weight excluding hydrogens is 378 g/mol. The molecule has 0 N–H and O–H groups in total. The average Bonchev–Trinajstić information content (AvgIpc) is 2.75. The molecule has 5 heteroatoms. The van der Waals surface area contributed by atoms with Gasteiger partial charge in [0.25, 0.3) is 0 Å². The molecule has 0 aromatic carbocycles. The molecule has 2 rings (SSSR count). The second-order valence-electron chi connectivity index (χ2n) is 5.15. The summed E-state index contributed by atoms with van der Waals surface area (Å²) in [6, 6.07) is 2.21. The molecular formula is C13H19Br2NOS. The van der Waals surface area contributed by atoms with E-state index in [1.807, 2.05) is 11.3 Å². The predicted octanol–water partition coefficient (Wildman–Crippen LogP) is 4.13. The second-order valence-corrected chi connectivity index (χ2v) is 7.62. The molecule has 1 aliphatic rings. The first-order valence-corrected chi connectivity index (χ1v) is 8.98. The summed E-state index contributed by atoms with van der Waals surface area (Å²) >= 11 is 9.03. The third-order valence-corrected chi connectivity index (χ3v) is 6.36. The Morgan fingerprint density at radius 1 is 1.44 bits per heavy atom. The highest BCUT2D eigenvalue weighted by Crippen LogP contribution is 2.33. The number of alkyl halides is 1. The van der Waals surface area contributed by atoms with Crippen LogP contribution in [0.15, 0.2) is 15.9 Å². The van der Waals surface area contributed by atoms with Gasteiger partial charge < -0.3 is 9.64 Å². The van der Waals surface area contributed by atoms with E-state index in [9.17, 15) is 0 Å². The molecule has 102 valence electrons. The fraction of sp³-hybridized carbons (Fsp3) is 0.692. The molecule has 2 heterocycles. The van der Waals surface area contributed by atoms with Gasteiger partial charge in [-0.25, -0.2) is 0 Å². The van der Waals surface area contributed by atoms with Gasteiger partial charge in [-0.3, -0.25) is 0 Å². The van der Waals surface area contributed by atoms with E-state index < -0.39 is 0 Å². The van der Waals surface area contributed by atoms with Gasteiger partial charge in [-0.1, -0.05) is 15.9 Å². The van der Waals surface area contributed by atoms with Crippen LogP contribution >= 0.6 is 43.2 Å². The van der Waals surface area contributed by atoms with Gasteiger partial charge in [-0.15, -0.1) is 11.3 Å². The average molecular weight is 397 g/mol. The van der Waals surface area contributed by atoms with E-state index in [1.165, 1.54) is 9.35 Å². The van der Waals surface area contributed by atoms with E-state index in [2.05, 4.69) is 55.3 Å². The number of rotatable bonds is 5. The maximum Gasteiger partial charge on any atom is 0.0472 e. The van der Waals surface area contributed by atoms with Crippen molar-refractivity contribution in [1.29, 1.82) is 0 Å². The van der Waals surface area contributed by atoms with Gasteiger partial charge in [0, 0.05) is 46.4 Å². The molecule has 0 saturated carbocycles. The van der Waals surface area contributed by atoms with Gasteiger partial charge >= 0.3 is 0 Å². The normalized spacial score (nSPS) is 19.3. The van der Waals surface area contributed by atoms with Crippen LogP contribution in [0.5, 0.6) is 0 Å². The van der Waals surface area contributed by atoms with Crippen LogP contribution in [-0.2, 0) is 11.3 Å². The maximum atomic E-state index is 5.49. The van der Waals surface area contributed by atoms with E-state index >= 15 is 0 Å². The standard InChI is InChI=1S/C13H19Br2NOS/c1-16(7-12-6-11(15)8-18-12)10-13(9-14)2-4-17-5-3-13/h6,8H,2-5,7,9-10H2,1H3. The lowest BCUT2D eigenvalue weighted by atomic mass is 9.82. The van der Waals surface area contributed by atoms with Gasteiger partial charge in [-0.2, -0.15) is 0 Å². The van der Waals surface area contributed by atoms with Gasteiger partial charge in [0.1, 0.15) is 0 Å². The van der Waals surface area contributed by atoms with Crippen LogP contribution in [0.4, 0.5) is 0 Å². The first-order valence-electron chi connectivity index (χ1n) is 6.19. The Hall–Kier alpha value is 0.580. The number of halogens is 2. The quantitative estimate of drug-likeness (QED) is 0.693. The zero-order valence-corrected chi connectivity index (χ0v) is 14.6. The zero-order chi connectivity index (χ0) is 13.0. The van der Waals surface area contributed by atoms with Crippen molar-refractivity contribution in [3.05, 3.63) is 20.8 Å². The summed E-state index contributed by atoms with van der Waals surface area (Å²) < 4.78 is 6.68. The topological polar surface area (TPSA) is 12.5 Å². The lowest BCUT2D eigenvalue weighted by Gasteiger charge is -2.38. The molecule has 1 fully saturated rings. The van der Waals surface area contributed by atoms with Crippen molar-refractivity contribution in [3.63, 3.8) is 0 Å². The Kier molecular flexibility index (Phi) is 5.69. The Labute approximate surface area is 130 Å². The van der Waals surface area contributed by atoms with Crippen LogP contribution < -0.4 is 0 Å². The van der Waals surface area contributed by atoms with Gasteiger partial charge in [0.15, 0.2) is 0 Å². The lowest BCUT2D eigenvalue weighted by molar-refractivity contribution is 0.0111. The van der Waals surface area contributed by atoms with Crippen molar-refractivity contribution in [3.8, 4) is 0 Å². The third-order valence-electron chi connectivity index (χ3n) is 3.49. The molecule has 0 unspecified atom stereocenters. The van der Waals surface area contributed by atoms with E-state index in [4.69, 9.17) is 4.74 Å². The molecule has 1 aromatic rings. The molecule has 1 aromatic heterocycles. The van der Waals surface area contributed by atoms with Gasteiger partial charge in [0.05, 0.1) is 0 Å². The van der Waals surface area contributed by atoms with Crippen molar-refractivity contribution >= 4 is 43.2 Å². The Bertz CT molecular complexity index is 377. The summed E-state index contributed by atoms with van der Waals surface area (Å²) in [5.74, 6) is 0. The maximum absolute atomic E-state index is 5.49. The minimum absolute atomic E-state index is 0.390. The Balaban J connectivity index is 1.90. The molecule has 0 spiro atoms. The summed E-state index contributed by atoms with van der Waals surface area (Å²) in [4.78, 5) is 3.85. The van der Waals surface area contributed by atoms with Crippen LogP contribution in [0.2, 0.25) is 0 Å². The number of nitrogens with zero attached hydrogens (tertiary/aromatic N) is 1. The fourth-order valence-corrected chi connectivity index (χ4v) is 4.74. The van der Waals surface area contributed by atoms with Crippen molar-refractivity contribution in [2.75, 3.05) is 32.1 Å². The van der Waals surface area contributed by atoms with Crippen LogP contribution in [0, 0.1) is 5.41 Å². The molecule has 0 radical (unpaired) electrons. The molecule has 0 bridgehead atoms. The summed E-state index contributed by atoms with van der Waals surface area (Å²) in [5, 5.41) is 3.22. The van der Waals surface area contributed by atoms with Crippen molar-refractivity contribution < 1.29 is 4.74 Å². The molecule has 18 heavy (non-hydrogen) atoms. The highest BCUT2D eigenvalue weighted by molar-refractivity contribution is 9.10. The van der Waals surface area contributed by atoms with E-state index in [-0.39, 0.29) is 0 Å². The number of hydrogen-bond acceptors (Lipinski definition) is 3. The number of ether oxygens (including phenoxy) is 1. The third kappa shape index (κ3) is 4.04. The van der Waals surface area contributed by atoms with E-state index in [0.29, 0.717) is 5.41 Å². The van der Waals surface area contributed by atoms with Gasteiger partial charge in [-0.05, 0) is 47.3 Å². The van der Waals surface area contributed by atoms with Crippen molar-refractivity contribution in [2.24, 2.45) is 5.41 Å². The SMILES string of the molecule is CN(Cc1cc(Br)cs1)CC1(CBr)CCOCC1. The molecule has 1 aliphatic heterocycles. The van der Waals surface area contributed by atoms with Crippen LogP contribution in [0.25, 0.3) is 0 Å². The molecule has 0 atom stereocenters. The monoisotopic (exact) mass is 395 g/mol. The van der Waals surface area contributed by atoms with Crippen LogP contribution in [0.1, 0.15) is 17.7 Å². The molecule has 1 saturated heterocycles. The smallest absolute Gasteiger partial charge is 0.0472 e. The van der Waals surface area contributed by atoms with E-state index in [0.717, 1.165) is 44.5 Å². The molecule has 2 nitrogen and oxygen atoms in total. The second kappa shape index (κ2) is 6.84. The zero-order valence-electron chi connectivity index (χ0n) is 10.6. The highest BCUT2D eigenvalue weighted by atomic mass is 79.9. The first-order chi connectivity index (χ1) is 8.63. The predicted molar refractivity (Wildman–Crippen MR) is 84.6 cm³/mol. The fourth-order valence-electron chi connectivity index (χ4n) is 2.47. The summed E-state index contributed by atoms with van der Waals surface area (Å²) in [5.41, 5.74) is 0.390. The molecule has 0 amide bonds.